The quantitative estimate of drug-likeness (QED) is 0.770. The van der Waals surface area contributed by atoms with Gasteiger partial charge in [-0.1, -0.05) is 51.1 Å². The molecule has 0 saturated heterocycles. The second-order valence-electron chi connectivity index (χ2n) is 7.86. The van der Waals surface area contributed by atoms with Gasteiger partial charge in [-0.15, -0.1) is 0 Å². The number of aliphatic carboxylic acids is 1. The van der Waals surface area contributed by atoms with Gasteiger partial charge in [0.2, 0.25) is 0 Å². The summed E-state index contributed by atoms with van der Waals surface area (Å²) >= 11 is 0. The molecule has 2 N–H and O–H groups in total. The van der Waals surface area contributed by atoms with Crippen LogP contribution in [0.1, 0.15) is 47.1 Å². The lowest BCUT2D eigenvalue weighted by molar-refractivity contribution is -0.137. The van der Waals surface area contributed by atoms with Crippen LogP contribution in [0.4, 0.5) is 0 Å². The lowest BCUT2D eigenvalue weighted by atomic mass is 9.97. The monoisotopic (exact) mass is 382 g/mol. The smallest absolute Gasteiger partial charge is 0.323 e. The van der Waals surface area contributed by atoms with E-state index in [1.807, 2.05) is 51.1 Å². The van der Waals surface area contributed by atoms with Gasteiger partial charge in [-0.25, -0.2) is 0 Å². The minimum Gasteiger partial charge on any atom is -0.480 e. The third-order valence-electron chi connectivity index (χ3n) is 4.00. The molecular weight excluding hydrogens is 356 g/mol. The van der Waals surface area contributed by atoms with Crippen LogP contribution >= 0.6 is 0 Å². The van der Waals surface area contributed by atoms with Crippen LogP contribution in [0.3, 0.4) is 0 Å². The van der Waals surface area contributed by atoms with Gasteiger partial charge in [0.15, 0.2) is 0 Å². The van der Waals surface area contributed by atoms with E-state index in [-0.39, 0.29) is 17.9 Å². The van der Waals surface area contributed by atoms with Gasteiger partial charge in [-0.3, -0.25) is 14.4 Å². The second kappa shape index (κ2) is 9.17. The van der Waals surface area contributed by atoms with Crippen LogP contribution in [0.25, 0.3) is 0 Å². The molecule has 0 unspecified atom stereocenters. The normalized spacial score (nSPS) is 11.0. The van der Waals surface area contributed by atoms with E-state index in [1.54, 1.807) is 24.3 Å². The number of amides is 2. The average molecular weight is 382 g/mol. The maximum Gasteiger partial charge on any atom is 0.323 e. The van der Waals surface area contributed by atoms with Crippen molar-refractivity contribution >= 4 is 17.8 Å². The molecule has 2 aromatic rings. The third kappa shape index (κ3) is 6.54. The summed E-state index contributed by atoms with van der Waals surface area (Å²) in [4.78, 5) is 37.4. The molecule has 2 rings (SSSR count). The van der Waals surface area contributed by atoms with Crippen molar-refractivity contribution in [3.05, 3.63) is 71.3 Å². The van der Waals surface area contributed by atoms with E-state index in [0.717, 1.165) is 5.56 Å². The first-order valence-electron chi connectivity index (χ1n) is 9.09. The predicted molar refractivity (Wildman–Crippen MR) is 107 cm³/mol. The standard InChI is InChI=1S/C22H26N2O4/c1-22(2,3)15-23-20(27)17-9-11-18(12-10-17)21(28)24(14-19(25)26)13-16-7-5-4-6-8-16/h4-12H,13-15H2,1-3H3,(H,23,27)(H,25,26). The molecule has 0 radical (unpaired) electrons. The highest BCUT2D eigenvalue weighted by Crippen LogP contribution is 2.13. The summed E-state index contributed by atoms with van der Waals surface area (Å²) in [6.45, 7) is 6.41. The second-order valence-corrected chi connectivity index (χ2v) is 7.86. The molecule has 2 aromatic carbocycles. The maximum atomic E-state index is 12.8. The zero-order valence-corrected chi connectivity index (χ0v) is 16.4. The molecule has 2 amide bonds. The highest BCUT2D eigenvalue weighted by molar-refractivity contribution is 5.98. The summed E-state index contributed by atoms with van der Waals surface area (Å²) in [6, 6.07) is 15.5. The van der Waals surface area contributed by atoms with E-state index in [4.69, 9.17) is 5.11 Å². The number of carboxylic acid groups (broad SMARTS) is 1. The van der Waals surface area contributed by atoms with Gasteiger partial charge < -0.3 is 15.3 Å². The zero-order valence-electron chi connectivity index (χ0n) is 16.4. The molecule has 6 nitrogen and oxygen atoms in total. The largest absolute Gasteiger partial charge is 0.480 e. The molecule has 0 atom stereocenters. The Morgan fingerprint density at radius 3 is 2.04 bits per heavy atom. The van der Waals surface area contributed by atoms with Gasteiger partial charge >= 0.3 is 5.97 Å². The topological polar surface area (TPSA) is 86.7 Å². The van der Waals surface area contributed by atoms with Crippen LogP contribution in [-0.4, -0.2) is 40.9 Å². The van der Waals surface area contributed by atoms with E-state index in [0.29, 0.717) is 17.7 Å². The first-order valence-corrected chi connectivity index (χ1v) is 9.09. The van der Waals surface area contributed by atoms with E-state index in [1.165, 1.54) is 4.90 Å². The summed E-state index contributed by atoms with van der Waals surface area (Å²) in [5.74, 6) is -1.68. The van der Waals surface area contributed by atoms with Crippen LogP contribution < -0.4 is 5.32 Å². The Bertz CT molecular complexity index is 824. The predicted octanol–water partition coefficient (Wildman–Crippen LogP) is 3.19. The van der Waals surface area contributed by atoms with Crippen LogP contribution in [0.15, 0.2) is 54.6 Å². The fourth-order valence-corrected chi connectivity index (χ4v) is 2.56. The molecule has 148 valence electrons. The minimum absolute atomic E-state index is 0.0274. The van der Waals surface area contributed by atoms with Crippen molar-refractivity contribution in [3.63, 3.8) is 0 Å². The van der Waals surface area contributed by atoms with Crippen molar-refractivity contribution in [2.24, 2.45) is 5.41 Å². The zero-order chi connectivity index (χ0) is 20.7. The van der Waals surface area contributed by atoms with Crippen molar-refractivity contribution in [2.75, 3.05) is 13.1 Å². The van der Waals surface area contributed by atoms with Crippen LogP contribution in [0.5, 0.6) is 0 Å². The molecule has 0 bridgehead atoms. The van der Waals surface area contributed by atoms with Crippen molar-refractivity contribution in [1.82, 2.24) is 10.2 Å². The van der Waals surface area contributed by atoms with Gasteiger partial charge in [0, 0.05) is 24.2 Å². The molecule has 28 heavy (non-hydrogen) atoms. The van der Waals surface area contributed by atoms with Gasteiger partial charge in [-0.2, -0.15) is 0 Å². The molecule has 0 aliphatic heterocycles. The van der Waals surface area contributed by atoms with Gasteiger partial charge in [0.05, 0.1) is 0 Å². The molecule has 0 aliphatic carbocycles. The summed E-state index contributed by atoms with van der Waals surface area (Å²) in [7, 11) is 0. The number of hydrogen-bond acceptors (Lipinski definition) is 3. The Kier molecular flexibility index (Phi) is 6.93. The van der Waals surface area contributed by atoms with Crippen molar-refractivity contribution in [2.45, 2.75) is 27.3 Å². The van der Waals surface area contributed by atoms with Crippen molar-refractivity contribution in [1.29, 1.82) is 0 Å². The fraction of sp³-hybridized carbons (Fsp3) is 0.318. The number of rotatable bonds is 7. The number of nitrogens with zero attached hydrogens (tertiary/aromatic N) is 1. The SMILES string of the molecule is CC(C)(C)CNC(=O)c1ccc(C(=O)N(CC(=O)O)Cc2ccccc2)cc1. The molecular formula is C22H26N2O4. The molecule has 0 aliphatic rings. The van der Waals surface area contributed by atoms with E-state index >= 15 is 0 Å². The molecule has 6 heteroatoms. The highest BCUT2D eigenvalue weighted by Gasteiger charge is 2.20. The van der Waals surface area contributed by atoms with Crippen LogP contribution in [0, 0.1) is 5.41 Å². The number of hydrogen-bond donors (Lipinski definition) is 2. The lowest BCUT2D eigenvalue weighted by Crippen LogP contribution is -2.35. The first-order chi connectivity index (χ1) is 13.2. The molecule has 0 fully saturated rings. The number of carboxylic acids is 1. The fourth-order valence-electron chi connectivity index (χ4n) is 2.56. The first kappa shape index (κ1) is 21.2. The van der Waals surface area contributed by atoms with Crippen LogP contribution in [-0.2, 0) is 11.3 Å². The van der Waals surface area contributed by atoms with E-state index in [2.05, 4.69) is 5.32 Å². The number of nitrogens with one attached hydrogen (secondary N) is 1. The van der Waals surface area contributed by atoms with Crippen molar-refractivity contribution < 1.29 is 19.5 Å². The summed E-state index contributed by atoms with van der Waals surface area (Å²) in [5.41, 5.74) is 1.61. The molecule has 0 spiro atoms. The van der Waals surface area contributed by atoms with E-state index < -0.39 is 18.4 Å². The lowest BCUT2D eigenvalue weighted by Gasteiger charge is -2.21. The number of carbonyl (C=O) groups is 3. The Hall–Kier alpha value is -3.15. The summed E-state index contributed by atoms with van der Waals surface area (Å²) < 4.78 is 0. The van der Waals surface area contributed by atoms with Gasteiger partial charge in [0.25, 0.3) is 11.8 Å². The maximum absolute atomic E-state index is 12.8. The summed E-state index contributed by atoms with van der Waals surface area (Å²) in [5, 5.41) is 12.0. The summed E-state index contributed by atoms with van der Waals surface area (Å²) in [6.07, 6.45) is 0. The van der Waals surface area contributed by atoms with Crippen molar-refractivity contribution in [3.8, 4) is 0 Å². The highest BCUT2D eigenvalue weighted by atomic mass is 16.4. The number of benzene rings is 2. The third-order valence-corrected chi connectivity index (χ3v) is 4.00. The Labute approximate surface area is 165 Å². The number of carbonyl (C=O) groups excluding carboxylic acids is 2. The Balaban J connectivity index is 2.11. The van der Waals surface area contributed by atoms with E-state index in [9.17, 15) is 14.4 Å². The average Bonchev–Trinajstić information content (AvgIpc) is 2.65. The Morgan fingerprint density at radius 2 is 1.50 bits per heavy atom. The minimum atomic E-state index is -1.08. The van der Waals surface area contributed by atoms with Gasteiger partial charge in [-0.05, 0) is 35.2 Å². The molecule has 0 aromatic heterocycles. The van der Waals surface area contributed by atoms with Gasteiger partial charge in [0.1, 0.15) is 6.54 Å². The Morgan fingerprint density at radius 1 is 0.929 bits per heavy atom. The van der Waals surface area contributed by atoms with Crippen LogP contribution in [0.2, 0.25) is 0 Å². The molecule has 0 saturated carbocycles. The molecule has 0 heterocycles.